The summed E-state index contributed by atoms with van der Waals surface area (Å²) in [5, 5.41) is 29.9. The predicted octanol–water partition coefficient (Wildman–Crippen LogP) is 1.04. The minimum Gasteiger partial charge on any atom is -0.393 e. The van der Waals surface area contributed by atoms with Gasteiger partial charge in [0.2, 0.25) is 0 Å². The molecular weight excluding hydrogens is 210 g/mol. The Bertz CT molecular complexity index is 306. The second-order valence-corrected chi connectivity index (χ2v) is 4.06. The van der Waals surface area contributed by atoms with Crippen LogP contribution in [0.3, 0.4) is 0 Å². The number of aliphatic hydroxyl groups excluding tert-OH is 1. The molecule has 0 spiro atoms. The molecule has 16 heavy (non-hydrogen) atoms. The molecule has 0 unspecified atom stereocenters. The SMILES string of the molecule is C/C(NC1CCC(O)CC1)=C(/C=N)[N+](=O)[O-]. The van der Waals surface area contributed by atoms with Crippen LogP contribution in [0.4, 0.5) is 0 Å². The van der Waals surface area contributed by atoms with Gasteiger partial charge < -0.3 is 15.8 Å². The zero-order valence-corrected chi connectivity index (χ0v) is 9.27. The second kappa shape index (κ2) is 5.60. The van der Waals surface area contributed by atoms with Crippen molar-refractivity contribution in [1.82, 2.24) is 5.32 Å². The Kier molecular flexibility index (Phi) is 4.42. The maximum atomic E-state index is 10.6. The van der Waals surface area contributed by atoms with Crippen LogP contribution in [-0.4, -0.2) is 28.4 Å². The molecule has 0 radical (unpaired) electrons. The van der Waals surface area contributed by atoms with E-state index in [1.165, 1.54) is 0 Å². The van der Waals surface area contributed by atoms with E-state index in [1.54, 1.807) is 6.92 Å². The van der Waals surface area contributed by atoms with Crippen molar-refractivity contribution < 1.29 is 10.0 Å². The smallest absolute Gasteiger partial charge is 0.305 e. The van der Waals surface area contributed by atoms with Crippen molar-refractivity contribution in [1.29, 1.82) is 5.41 Å². The average Bonchev–Trinajstić information content (AvgIpc) is 2.22. The summed E-state index contributed by atoms with van der Waals surface area (Å²) in [4.78, 5) is 10.0. The van der Waals surface area contributed by atoms with Gasteiger partial charge in [0.15, 0.2) is 0 Å². The van der Waals surface area contributed by atoms with Gasteiger partial charge in [-0.05, 0) is 32.6 Å². The fraction of sp³-hybridized carbons (Fsp3) is 0.700. The van der Waals surface area contributed by atoms with E-state index in [4.69, 9.17) is 5.41 Å². The van der Waals surface area contributed by atoms with Crippen LogP contribution in [0.2, 0.25) is 0 Å². The van der Waals surface area contributed by atoms with Gasteiger partial charge in [-0.15, -0.1) is 0 Å². The second-order valence-electron chi connectivity index (χ2n) is 4.06. The zero-order chi connectivity index (χ0) is 12.1. The third-order valence-electron chi connectivity index (χ3n) is 2.83. The molecule has 90 valence electrons. The first-order valence-electron chi connectivity index (χ1n) is 5.35. The van der Waals surface area contributed by atoms with Crippen LogP contribution in [-0.2, 0) is 0 Å². The first kappa shape index (κ1) is 12.6. The maximum absolute atomic E-state index is 10.6. The summed E-state index contributed by atoms with van der Waals surface area (Å²) in [5.41, 5.74) is 0.215. The lowest BCUT2D eigenvalue weighted by molar-refractivity contribution is -0.415. The van der Waals surface area contributed by atoms with Gasteiger partial charge in [-0.25, -0.2) is 0 Å². The minimum atomic E-state index is -0.562. The molecule has 0 amide bonds. The van der Waals surface area contributed by atoms with Crippen LogP contribution < -0.4 is 5.32 Å². The lowest BCUT2D eigenvalue weighted by Gasteiger charge is -2.26. The molecule has 0 saturated heterocycles. The number of nitro groups is 1. The highest BCUT2D eigenvalue weighted by molar-refractivity contribution is 5.73. The summed E-state index contributed by atoms with van der Waals surface area (Å²) in [6.07, 6.45) is 3.58. The monoisotopic (exact) mass is 227 g/mol. The number of hydrogen-bond acceptors (Lipinski definition) is 5. The molecule has 0 heterocycles. The molecule has 1 aliphatic carbocycles. The van der Waals surface area contributed by atoms with Crippen LogP contribution in [0.25, 0.3) is 0 Å². The summed E-state index contributed by atoms with van der Waals surface area (Å²) in [7, 11) is 0. The number of hydrogen-bond donors (Lipinski definition) is 3. The van der Waals surface area contributed by atoms with Gasteiger partial charge in [-0.1, -0.05) is 0 Å². The van der Waals surface area contributed by atoms with Crippen molar-refractivity contribution in [3.05, 3.63) is 21.5 Å². The number of aliphatic hydroxyl groups is 1. The van der Waals surface area contributed by atoms with Gasteiger partial charge in [0.1, 0.15) is 0 Å². The van der Waals surface area contributed by atoms with Crippen molar-refractivity contribution in [2.24, 2.45) is 0 Å². The van der Waals surface area contributed by atoms with Gasteiger partial charge >= 0.3 is 5.70 Å². The summed E-state index contributed by atoms with van der Waals surface area (Å²) in [6, 6.07) is 0.165. The van der Waals surface area contributed by atoms with Crippen LogP contribution in [0.15, 0.2) is 11.4 Å². The van der Waals surface area contributed by atoms with E-state index in [1.807, 2.05) is 0 Å². The summed E-state index contributed by atoms with van der Waals surface area (Å²) in [5.74, 6) is 0. The van der Waals surface area contributed by atoms with E-state index >= 15 is 0 Å². The van der Waals surface area contributed by atoms with Crippen molar-refractivity contribution in [3.63, 3.8) is 0 Å². The average molecular weight is 227 g/mol. The largest absolute Gasteiger partial charge is 0.393 e. The molecule has 0 bridgehead atoms. The zero-order valence-electron chi connectivity index (χ0n) is 9.27. The highest BCUT2D eigenvalue weighted by Gasteiger charge is 2.21. The molecule has 1 rings (SSSR count). The Hall–Kier alpha value is -1.43. The van der Waals surface area contributed by atoms with Gasteiger partial charge in [-0.3, -0.25) is 10.1 Å². The molecule has 1 saturated carbocycles. The number of nitrogens with one attached hydrogen (secondary N) is 2. The molecule has 0 aliphatic heterocycles. The van der Waals surface area contributed by atoms with Crippen LogP contribution >= 0.6 is 0 Å². The van der Waals surface area contributed by atoms with Crippen molar-refractivity contribution in [3.8, 4) is 0 Å². The highest BCUT2D eigenvalue weighted by atomic mass is 16.6. The quantitative estimate of drug-likeness (QED) is 0.379. The highest BCUT2D eigenvalue weighted by Crippen LogP contribution is 2.19. The van der Waals surface area contributed by atoms with E-state index < -0.39 is 4.92 Å². The number of nitrogens with zero attached hydrogens (tertiary/aromatic N) is 1. The van der Waals surface area contributed by atoms with E-state index in [2.05, 4.69) is 5.32 Å². The van der Waals surface area contributed by atoms with E-state index in [9.17, 15) is 15.2 Å². The van der Waals surface area contributed by atoms with Gasteiger partial charge in [-0.2, -0.15) is 0 Å². The molecule has 6 nitrogen and oxygen atoms in total. The molecule has 0 aromatic heterocycles. The summed E-state index contributed by atoms with van der Waals surface area (Å²) < 4.78 is 0. The third kappa shape index (κ3) is 3.30. The molecule has 3 N–H and O–H groups in total. The van der Waals surface area contributed by atoms with E-state index in [-0.39, 0.29) is 17.8 Å². The Morgan fingerprint density at radius 1 is 1.50 bits per heavy atom. The Morgan fingerprint density at radius 3 is 2.50 bits per heavy atom. The topological polar surface area (TPSA) is 99.2 Å². The predicted molar refractivity (Wildman–Crippen MR) is 59.9 cm³/mol. The Labute approximate surface area is 94.0 Å². The third-order valence-corrected chi connectivity index (χ3v) is 2.83. The van der Waals surface area contributed by atoms with Gasteiger partial charge in [0, 0.05) is 6.04 Å². The molecule has 0 aromatic carbocycles. The van der Waals surface area contributed by atoms with Gasteiger partial charge in [0.05, 0.1) is 22.9 Å². The minimum absolute atomic E-state index is 0.165. The fourth-order valence-corrected chi connectivity index (χ4v) is 1.90. The summed E-state index contributed by atoms with van der Waals surface area (Å²) in [6.45, 7) is 1.61. The Balaban J connectivity index is 2.59. The maximum Gasteiger partial charge on any atom is 0.305 e. The standard InChI is InChI=1S/C10H17N3O3/c1-7(10(6-11)13(15)16)12-8-2-4-9(14)5-3-8/h6,8-9,11-12,14H,2-5H2,1H3/b10-7+,11-6?. The molecule has 1 fully saturated rings. The number of allylic oxidation sites excluding steroid dienone is 2. The lowest BCUT2D eigenvalue weighted by atomic mass is 9.93. The molecule has 6 heteroatoms. The Morgan fingerprint density at radius 2 is 2.06 bits per heavy atom. The van der Waals surface area contributed by atoms with E-state index in [0.29, 0.717) is 5.70 Å². The van der Waals surface area contributed by atoms with Gasteiger partial charge in [0.25, 0.3) is 0 Å². The first-order chi connectivity index (χ1) is 7.54. The molecule has 0 atom stereocenters. The van der Waals surface area contributed by atoms with Crippen LogP contribution in [0, 0.1) is 15.5 Å². The van der Waals surface area contributed by atoms with E-state index in [0.717, 1.165) is 31.9 Å². The molecule has 1 aliphatic rings. The normalized spacial score (nSPS) is 26.9. The molecule has 0 aromatic rings. The van der Waals surface area contributed by atoms with Crippen molar-refractivity contribution in [2.45, 2.75) is 44.8 Å². The lowest BCUT2D eigenvalue weighted by Crippen LogP contribution is -2.34. The van der Waals surface area contributed by atoms with Crippen molar-refractivity contribution >= 4 is 6.21 Å². The van der Waals surface area contributed by atoms with Crippen LogP contribution in [0.1, 0.15) is 32.6 Å². The number of rotatable bonds is 4. The first-order valence-corrected chi connectivity index (χ1v) is 5.35. The van der Waals surface area contributed by atoms with Crippen molar-refractivity contribution in [2.75, 3.05) is 0 Å². The fourth-order valence-electron chi connectivity index (χ4n) is 1.90. The molecular formula is C10H17N3O3. The summed E-state index contributed by atoms with van der Waals surface area (Å²) >= 11 is 0. The van der Waals surface area contributed by atoms with Crippen LogP contribution in [0.5, 0.6) is 0 Å².